The lowest BCUT2D eigenvalue weighted by atomic mass is 10.1. The van der Waals surface area contributed by atoms with Crippen molar-refractivity contribution in [1.82, 2.24) is 20.1 Å². The Hall–Kier alpha value is -1.47. The Morgan fingerprint density at radius 1 is 1.57 bits per heavy atom. The minimum atomic E-state index is -0.213. The number of thiazole rings is 1. The number of likely N-dealkylation sites (tertiary alicyclic amines) is 1. The van der Waals surface area contributed by atoms with Crippen LogP contribution in [0.1, 0.15) is 12.1 Å². The fraction of sp³-hybridized carbons (Fsp3) is 0.643. The highest BCUT2D eigenvalue weighted by molar-refractivity contribution is 7.07. The molecule has 1 aliphatic rings. The van der Waals surface area contributed by atoms with Crippen LogP contribution in [0.2, 0.25) is 0 Å². The van der Waals surface area contributed by atoms with Gasteiger partial charge < -0.3 is 15.1 Å². The van der Waals surface area contributed by atoms with Gasteiger partial charge in [0.1, 0.15) is 0 Å². The smallest absolute Gasteiger partial charge is 0.225 e. The SMILES string of the molecule is CN(C)CCN1C[C@@H](C(=O)NCCc2cscn2)CC1=O. The molecule has 1 N–H and O–H groups in total. The third-order valence-corrected chi connectivity index (χ3v) is 4.20. The van der Waals surface area contributed by atoms with Crippen LogP contribution in [-0.2, 0) is 16.0 Å². The second-order valence-corrected chi connectivity index (χ2v) is 6.28. The van der Waals surface area contributed by atoms with Gasteiger partial charge in [-0.2, -0.15) is 0 Å². The number of hydrogen-bond donors (Lipinski definition) is 1. The molecular formula is C14H22N4O2S. The van der Waals surface area contributed by atoms with Gasteiger partial charge in [0.15, 0.2) is 0 Å². The lowest BCUT2D eigenvalue weighted by Gasteiger charge is -2.19. The minimum absolute atomic E-state index is 0.0223. The predicted molar refractivity (Wildman–Crippen MR) is 82.1 cm³/mol. The van der Waals surface area contributed by atoms with E-state index in [9.17, 15) is 9.59 Å². The first-order chi connectivity index (χ1) is 10.1. The third kappa shape index (κ3) is 4.78. The van der Waals surface area contributed by atoms with Gasteiger partial charge in [0.2, 0.25) is 11.8 Å². The molecule has 0 saturated carbocycles. The van der Waals surface area contributed by atoms with Gasteiger partial charge in [-0.05, 0) is 14.1 Å². The van der Waals surface area contributed by atoms with Crippen molar-refractivity contribution >= 4 is 23.2 Å². The summed E-state index contributed by atoms with van der Waals surface area (Å²) in [6.07, 6.45) is 1.07. The minimum Gasteiger partial charge on any atom is -0.355 e. The maximum Gasteiger partial charge on any atom is 0.225 e. The number of carbonyl (C=O) groups excluding carboxylic acids is 2. The summed E-state index contributed by atoms with van der Waals surface area (Å²) in [6, 6.07) is 0. The fourth-order valence-corrected chi connectivity index (χ4v) is 2.90. The molecule has 116 valence electrons. The highest BCUT2D eigenvalue weighted by Gasteiger charge is 2.33. The first-order valence-electron chi connectivity index (χ1n) is 7.13. The van der Waals surface area contributed by atoms with Gasteiger partial charge >= 0.3 is 0 Å². The van der Waals surface area contributed by atoms with Gasteiger partial charge in [-0.25, -0.2) is 4.98 Å². The summed E-state index contributed by atoms with van der Waals surface area (Å²) in [4.78, 5) is 32.0. The largest absolute Gasteiger partial charge is 0.355 e. The molecular weight excluding hydrogens is 288 g/mol. The average Bonchev–Trinajstić information content (AvgIpc) is 3.06. The maximum atomic E-state index is 12.1. The number of nitrogens with one attached hydrogen (secondary N) is 1. The fourth-order valence-electron chi connectivity index (χ4n) is 2.30. The van der Waals surface area contributed by atoms with Crippen molar-refractivity contribution in [2.45, 2.75) is 12.8 Å². The van der Waals surface area contributed by atoms with Gasteiger partial charge in [-0.3, -0.25) is 9.59 Å². The summed E-state index contributed by atoms with van der Waals surface area (Å²) in [7, 11) is 3.95. The van der Waals surface area contributed by atoms with E-state index in [-0.39, 0.29) is 17.7 Å². The van der Waals surface area contributed by atoms with E-state index in [2.05, 4.69) is 10.3 Å². The molecule has 1 aliphatic heterocycles. The highest BCUT2D eigenvalue weighted by Crippen LogP contribution is 2.17. The topological polar surface area (TPSA) is 65.5 Å². The van der Waals surface area contributed by atoms with E-state index in [1.807, 2.05) is 24.4 Å². The van der Waals surface area contributed by atoms with Crippen molar-refractivity contribution in [3.05, 3.63) is 16.6 Å². The molecule has 1 fully saturated rings. The van der Waals surface area contributed by atoms with E-state index in [1.54, 1.807) is 21.7 Å². The zero-order valence-electron chi connectivity index (χ0n) is 12.5. The summed E-state index contributed by atoms with van der Waals surface area (Å²) in [6.45, 7) is 2.62. The molecule has 2 amide bonds. The van der Waals surface area contributed by atoms with E-state index < -0.39 is 0 Å². The quantitative estimate of drug-likeness (QED) is 0.782. The number of rotatable bonds is 7. The Labute approximate surface area is 129 Å². The first-order valence-corrected chi connectivity index (χ1v) is 8.08. The number of aromatic nitrogens is 1. The third-order valence-electron chi connectivity index (χ3n) is 3.57. The molecule has 21 heavy (non-hydrogen) atoms. The van der Waals surface area contributed by atoms with Crippen LogP contribution in [0, 0.1) is 5.92 Å². The van der Waals surface area contributed by atoms with Crippen molar-refractivity contribution in [2.75, 3.05) is 40.3 Å². The molecule has 0 radical (unpaired) electrons. The Balaban J connectivity index is 1.72. The molecule has 0 aromatic carbocycles. The number of likely N-dealkylation sites (N-methyl/N-ethyl adjacent to an activating group) is 1. The molecule has 0 unspecified atom stereocenters. The number of nitrogens with zero attached hydrogens (tertiary/aromatic N) is 3. The monoisotopic (exact) mass is 310 g/mol. The summed E-state index contributed by atoms with van der Waals surface area (Å²) in [5.74, 6) is -0.155. The van der Waals surface area contributed by atoms with Crippen LogP contribution in [0.25, 0.3) is 0 Å². The molecule has 0 aliphatic carbocycles. The second kappa shape index (κ2) is 7.51. The van der Waals surface area contributed by atoms with Crippen molar-refractivity contribution in [3.63, 3.8) is 0 Å². The van der Waals surface area contributed by atoms with Crippen molar-refractivity contribution < 1.29 is 9.59 Å². The zero-order chi connectivity index (χ0) is 15.2. The Bertz CT molecular complexity index is 475. The lowest BCUT2D eigenvalue weighted by Crippen LogP contribution is -2.36. The Morgan fingerprint density at radius 3 is 3.05 bits per heavy atom. The van der Waals surface area contributed by atoms with Crippen LogP contribution < -0.4 is 5.32 Å². The Morgan fingerprint density at radius 2 is 2.38 bits per heavy atom. The average molecular weight is 310 g/mol. The molecule has 0 spiro atoms. The molecule has 2 heterocycles. The van der Waals surface area contributed by atoms with Crippen LogP contribution in [0.3, 0.4) is 0 Å². The summed E-state index contributed by atoms with van der Waals surface area (Å²) in [5.41, 5.74) is 2.78. The molecule has 1 atom stereocenters. The van der Waals surface area contributed by atoms with E-state index in [1.165, 1.54) is 0 Å². The summed E-state index contributed by atoms with van der Waals surface area (Å²) >= 11 is 1.55. The van der Waals surface area contributed by atoms with Gasteiger partial charge in [0, 0.05) is 44.4 Å². The van der Waals surface area contributed by atoms with E-state index in [4.69, 9.17) is 0 Å². The number of amides is 2. The van der Waals surface area contributed by atoms with E-state index in [0.29, 0.717) is 26.1 Å². The molecule has 1 saturated heterocycles. The van der Waals surface area contributed by atoms with Crippen LogP contribution in [0.15, 0.2) is 10.9 Å². The maximum absolute atomic E-state index is 12.1. The Kier molecular flexibility index (Phi) is 5.69. The normalized spacial score (nSPS) is 18.5. The summed E-state index contributed by atoms with van der Waals surface area (Å²) in [5, 5.41) is 4.89. The van der Waals surface area contributed by atoms with Crippen LogP contribution in [-0.4, -0.2) is 66.9 Å². The lowest BCUT2D eigenvalue weighted by molar-refractivity contribution is -0.129. The molecule has 0 bridgehead atoms. The van der Waals surface area contributed by atoms with E-state index >= 15 is 0 Å². The van der Waals surface area contributed by atoms with Gasteiger partial charge in [0.25, 0.3) is 0 Å². The molecule has 2 rings (SSSR count). The van der Waals surface area contributed by atoms with Crippen molar-refractivity contribution in [2.24, 2.45) is 5.92 Å². The molecule has 6 nitrogen and oxygen atoms in total. The van der Waals surface area contributed by atoms with Gasteiger partial charge in [0.05, 0.1) is 17.1 Å². The van der Waals surface area contributed by atoms with Gasteiger partial charge in [-0.15, -0.1) is 11.3 Å². The summed E-state index contributed by atoms with van der Waals surface area (Å²) < 4.78 is 0. The van der Waals surface area contributed by atoms with Crippen molar-refractivity contribution in [1.29, 1.82) is 0 Å². The van der Waals surface area contributed by atoms with Gasteiger partial charge in [-0.1, -0.05) is 0 Å². The van der Waals surface area contributed by atoms with Crippen LogP contribution >= 0.6 is 11.3 Å². The molecule has 1 aromatic rings. The van der Waals surface area contributed by atoms with Crippen LogP contribution in [0.4, 0.5) is 0 Å². The number of carbonyl (C=O) groups is 2. The highest BCUT2D eigenvalue weighted by atomic mass is 32.1. The predicted octanol–water partition coefficient (Wildman–Crippen LogP) is 0.212. The molecule has 7 heteroatoms. The second-order valence-electron chi connectivity index (χ2n) is 5.56. The van der Waals surface area contributed by atoms with Crippen molar-refractivity contribution in [3.8, 4) is 0 Å². The standard InChI is InChI=1S/C14H22N4O2S/c1-17(2)5-6-18-8-11(7-13(18)19)14(20)15-4-3-12-9-21-10-16-12/h9-11H,3-8H2,1-2H3,(H,15,20)/t11-/m0/s1. The first kappa shape index (κ1) is 15.9. The number of hydrogen-bond acceptors (Lipinski definition) is 5. The molecule has 1 aromatic heterocycles. The van der Waals surface area contributed by atoms with Crippen LogP contribution in [0.5, 0.6) is 0 Å². The van der Waals surface area contributed by atoms with E-state index in [0.717, 1.165) is 18.7 Å². The zero-order valence-corrected chi connectivity index (χ0v) is 13.4.